The molecule has 0 bridgehead atoms. The molecule has 1 atom stereocenters. The summed E-state index contributed by atoms with van der Waals surface area (Å²) in [6, 6.07) is 6.24. The maximum absolute atomic E-state index is 4.78. The van der Waals surface area contributed by atoms with Crippen molar-refractivity contribution in [1.82, 2.24) is 19.9 Å². The topological polar surface area (TPSA) is 53.9 Å². The molecule has 3 aromatic heterocycles. The van der Waals surface area contributed by atoms with E-state index in [0.717, 1.165) is 29.7 Å². The van der Waals surface area contributed by atoms with Gasteiger partial charge in [0.2, 0.25) is 0 Å². The van der Waals surface area contributed by atoms with E-state index in [0.29, 0.717) is 6.04 Å². The lowest BCUT2D eigenvalue weighted by Gasteiger charge is -2.22. The zero-order valence-corrected chi connectivity index (χ0v) is 14.2. The third-order valence-electron chi connectivity index (χ3n) is 3.97. The minimum absolute atomic E-state index is 0.410. The van der Waals surface area contributed by atoms with E-state index in [4.69, 9.17) is 4.98 Å². The van der Waals surface area contributed by atoms with Gasteiger partial charge in [-0.15, -0.1) is 22.7 Å². The third-order valence-corrected chi connectivity index (χ3v) is 5.51. The molecule has 0 amide bonds. The van der Waals surface area contributed by atoms with Crippen LogP contribution in [0.5, 0.6) is 0 Å². The first-order valence-electron chi connectivity index (χ1n) is 7.63. The van der Waals surface area contributed by atoms with Gasteiger partial charge in [-0.1, -0.05) is 6.07 Å². The normalized spacial score (nSPS) is 18.3. The molecule has 0 spiro atoms. The molecule has 0 saturated carbocycles. The van der Waals surface area contributed by atoms with E-state index >= 15 is 0 Å². The fourth-order valence-corrected chi connectivity index (χ4v) is 4.30. The van der Waals surface area contributed by atoms with Gasteiger partial charge in [0.1, 0.15) is 5.82 Å². The van der Waals surface area contributed by atoms with Crippen LogP contribution in [0.3, 0.4) is 0 Å². The quantitative estimate of drug-likeness (QED) is 0.756. The highest BCUT2D eigenvalue weighted by Crippen LogP contribution is 2.35. The Hall–Kier alpha value is -1.83. The van der Waals surface area contributed by atoms with E-state index in [1.807, 2.05) is 29.9 Å². The van der Waals surface area contributed by atoms with E-state index in [-0.39, 0.29) is 0 Å². The molecule has 0 radical (unpaired) electrons. The van der Waals surface area contributed by atoms with Gasteiger partial charge in [-0.3, -0.25) is 9.88 Å². The lowest BCUT2D eigenvalue weighted by molar-refractivity contribution is 0.247. The van der Waals surface area contributed by atoms with E-state index in [1.54, 1.807) is 28.9 Å². The zero-order valence-electron chi connectivity index (χ0n) is 12.6. The molecule has 1 fully saturated rings. The molecule has 1 unspecified atom stereocenters. The number of likely N-dealkylation sites (tertiary alicyclic amines) is 1. The Bertz CT molecular complexity index is 741. The predicted octanol–water partition coefficient (Wildman–Crippen LogP) is 4.08. The minimum Gasteiger partial charge on any atom is -0.316 e. The molecule has 1 N–H and O–H groups in total. The van der Waals surface area contributed by atoms with Gasteiger partial charge in [0.25, 0.3) is 0 Å². The highest BCUT2D eigenvalue weighted by atomic mass is 32.1. The van der Waals surface area contributed by atoms with Gasteiger partial charge in [0, 0.05) is 29.2 Å². The molecule has 0 aliphatic carbocycles. The van der Waals surface area contributed by atoms with E-state index in [2.05, 4.69) is 25.6 Å². The molecule has 1 saturated heterocycles. The summed E-state index contributed by atoms with van der Waals surface area (Å²) < 4.78 is 0. The second-order valence-corrected chi connectivity index (χ2v) is 7.34. The number of thiazole rings is 2. The van der Waals surface area contributed by atoms with Gasteiger partial charge in [0.15, 0.2) is 5.13 Å². The third kappa shape index (κ3) is 3.41. The standard InChI is InChI=1S/C16H17N5S2/c1-2-6-18-15(5-1)20-16-19-13(10-22-16)14-4-3-7-21(14)9-12-8-17-11-23-12/h1-2,5-6,8,10-11,14H,3-4,7,9H2,(H,18,19,20). The fraction of sp³-hybridized carbons (Fsp3) is 0.312. The summed E-state index contributed by atoms with van der Waals surface area (Å²) in [5, 5.41) is 6.35. The highest BCUT2D eigenvalue weighted by Gasteiger charge is 2.28. The first-order valence-corrected chi connectivity index (χ1v) is 9.39. The number of anilines is 2. The molecule has 4 rings (SSSR count). The van der Waals surface area contributed by atoms with Crippen molar-refractivity contribution in [2.45, 2.75) is 25.4 Å². The van der Waals surface area contributed by atoms with Gasteiger partial charge in [-0.25, -0.2) is 9.97 Å². The van der Waals surface area contributed by atoms with Crippen LogP contribution in [0.15, 0.2) is 41.5 Å². The van der Waals surface area contributed by atoms with Crippen molar-refractivity contribution in [2.75, 3.05) is 11.9 Å². The Morgan fingerprint density at radius 3 is 3.13 bits per heavy atom. The summed E-state index contributed by atoms with van der Waals surface area (Å²) in [4.78, 5) is 17.1. The molecule has 118 valence electrons. The van der Waals surface area contributed by atoms with Gasteiger partial charge in [-0.05, 0) is 31.5 Å². The molecule has 7 heteroatoms. The monoisotopic (exact) mass is 343 g/mol. The lowest BCUT2D eigenvalue weighted by Crippen LogP contribution is -2.22. The van der Waals surface area contributed by atoms with Gasteiger partial charge < -0.3 is 5.32 Å². The van der Waals surface area contributed by atoms with Gasteiger partial charge in [0.05, 0.1) is 17.2 Å². The van der Waals surface area contributed by atoms with Crippen molar-refractivity contribution in [2.24, 2.45) is 0 Å². The molecule has 3 aromatic rings. The van der Waals surface area contributed by atoms with Crippen molar-refractivity contribution >= 4 is 33.6 Å². The maximum atomic E-state index is 4.78. The van der Waals surface area contributed by atoms with E-state index < -0.39 is 0 Å². The number of rotatable bonds is 5. The number of hydrogen-bond acceptors (Lipinski definition) is 7. The van der Waals surface area contributed by atoms with Crippen molar-refractivity contribution < 1.29 is 0 Å². The fourth-order valence-electron chi connectivity index (χ4n) is 2.91. The summed E-state index contributed by atoms with van der Waals surface area (Å²) in [6.07, 6.45) is 6.15. The smallest absolute Gasteiger partial charge is 0.188 e. The summed E-state index contributed by atoms with van der Waals surface area (Å²) in [7, 11) is 0. The minimum atomic E-state index is 0.410. The number of pyridine rings is 1. The van der Waals surface area contributed by atoms with Gasteiger partial charge >= 0.3 is 0 Å². The molecule has 0 aromatic carbocycles. The number of nitrogens with one attached hydrogen (secondary N) is 1. The van der Waals surface area contributed by atoms with Crippen LogP contribution in [0.4, 0.5) is 10.9 Å². The van der Waals surface area contributed by atoms with Gasteiger partial charge in [-0.2, -0.15) is 0 Å². The largest absolute Gasteiger partial charge is 0.316 e. The summed E-state index contributed by atoms with van der Waals surface area (Å²) in [5.41, 5.74) is 3.06. The first-order chi connectivity index (χ1) is 11.4. The van der Waals surface area contributed by atoms with Crippen LogP contribution in [-0.2, 0) is 6.54 Å². The molecule has 4 heterocycles. The number of nitrogens with zero attached hydrogens (tertiary/aromatic N) is 4. The Balaban J connectivity index is 1.47. The maximum Gasteiger partial charge on any atom is 0.188 e. The second kappa shape index (κ2) is 6.74. The number of hydrogen-bond donors (Lipinski definition) is 1. The van der Waals surface area contributed by atoms with Crippen molar-refractivity contribution in [3.05, 3.63) is 52.1 Å². The Morgan fingerprint density at radius 2 is 2.30 bits per heavy atom. The SMILES string of the molecule is c1ccc(Nc2nc(C3CCCN3Cc3cncs3)cs2)nc1. The summed E-state index contributed by atoms with van der Waals surface area (Å²) in [5.74, 6) is 0.835. The molecule has 1 aliphatic heterocycles. The first kappa shape index (κ1) is 14.7. The Kier molecular flexibility index (Phi) is 4.32. The van der Waals surface area contributed by atoms with Crippen LogP contribution >= 0.6 is 22.7 Å². The van der Waals surface area contributed by atoms with Crippen LogP contribution < -0.4 is 5.32 Å². The van der Waals surface area contributed by atoms with Crippen molar-refractivity contribution in [3.8, 4) is 0 Å². The van der Waals surface area contributed by atoms with E-state index in [9.17, 15) is 0 Å². The average Bonchev–Trinajstić information content (AvgIpc) is 3.30. The zero-order chi connectivity index (χ0) is 15.5. The van der Waals surface area contributed by atoms with Crippen LogP contribution in [-0.4, -0.2) is 26.4 Å². The van der Waals surface area contributed by atoms with Crippen molar-refractivity contribution in [3.63, 3.8) is 0 Å². The van der Waals surface area contributed by atoms with Crippen LogP contribution in [0, 0.1) is 0 Å². The summed E-state index contributed by atoms with van der Waals surface area (Å²) >= 11 is 3.37. The van der Waals surface area contributed by atoms with Crippen LogP contribution in [0.1, 0.15) is 29.5 Å². The molecule has 23 heavy (non-hydrogen) atoms. The van der Waals surface area contributed by atoms with Crippen molar-refractivity contribution in [1.29, 1.82) is 0 Å². The average molecular weight is 343 g/mol. The lowest BCUT2D eigenvalue weighted by atomic mass is 10.2. The van der Waals surface area contributed by atoms with Crippen LogP contribution in [0.25, 0.3) is 0 Å². The summed E-state index contributed by atoms with van der Waals surface area (Å²) in [6.45, 7) is 2.10. The predicted molar refractivity (Wildman–Crippen MR) is 94.1 cm³/mol. The molecular weight excluding hydrogens is 326 g/mol. The second-order valence-electron chi connectivity index (χ2n) is 5.51. The molecule has 5 nitrogen and oxygen atoms in total. The molecular formula is C16H17N5S2. The van der Waals surface area contributed by atoms with Crippen LogP contribution in [0.2, 0.25) is 0 Å². The molecule has 1 aliphatic rings. The Labute approximate surface area is 143 Å². The Morgan fingerprint density at radius 1 is 1.30 bits per heavy atom. The number of aromatic nitrogens is 3. The highest BCUT2D eigenvalue weighted by molar-refractivity contribution is 7.13. The van der Waals surface area contributed by atoms with E-state index in [1.165, 1.54) is 17.7 Å².